The number of aryl methyl sites for hydroxylation is 1. The van der Waals surface area contributed by atoms with Gasteiger partial charge in [0.2, 0.25) is 5.91 Å². The molecule has 1 amide bonds. The molecule has 1 N–H and O–H groups in total. The lowest BCUT2D eigenvalue weighted by Gasteiger charge is -2.31. The molecular formula is C15H20N4OS. The van der Waals surface area contributed by atoms with Crippen molar-refractivity contribution in [1.29, 1.82) is 0 Å². The van der Waals surface area contributed by atoms with E-state index in [9.17, 15) is 4.79 Å². The van der Waals surface area contributed by atoms with E-state index in [1.807, 2.05) is 6.92 Å². The van der Waals surface area contributed by atoms with Crippen LogP contribution in [0, 0.1) is 6.92 Å². The van der Waals surface area contributed by atoms with Crippen molar-refractivity contribution in [3.8, 4) is 0 Å². The van der Waals surface area contributed by atoms with Crippen molar-refractivity contribution in [2.75, 3.05) is 11.4 Å². The fraction of sp³-hybridized carbons (Fsp3) is 0.533. The van der Waals surface area contributed by atoms with Gasteiger partial charge in [0.05, 0.1) is 5.39 Å². The normalized spacial score (nSPS) is 18.5. The Morgan fingerprint density at radius 2 is 2.29 bits per heavy atom. The minimum absolute atomic E-state index is 0.156. The number of hydrogen-bond donors (Lipinski definition) is 1. The number of nitrogens with one attached hydrogen (secondary N) is 1. The number of fused-ring (bicyclic) bond motifs is 1. The van der Waals surface area contributed by atoms with Crippen LogP contribution in [0.25, 0.3) is 10.2 Å². The second kappa shape index (κ2) is 5.60. The first-order chi connectivity index (χ1) is 10.0. The number of aromatic nitrogens is 2. The summed E-state index contributed by atoms with van der Waals surface area (Å²) >= 11 is 1.64. The van der Waals surface area contributed by atoms with E-state index in [-0.39, 0.29) is 11.9 Å². The molecule has 0 spiro atoms. The molecule has 1 unspecified atom stereocenters. The van der Waals surface area contributed by atoms with Gasteiger partial charge in [-0.3, -0.25) is 4.79 Å². The molecular weight excluding hydrogens is 284 g/mol. The van der Waals surface area contributed by atoms with Crippen molar-refractivity contribution in [3.05, 3.63) is 17.3 Å². The number of carbonyl (C=O) groups is 1. The highest BCUT2D eigenvalue weighted by molar-refractivity contribution is 7.16. The maximum Gasteiger partial charge on any atom is 0.220 e. The van der Waals surface area contributed by atoms with Crippen molar-refractivity contribution in [1.82, 2.24) is 15.3 Å². The molecule has 0 radical (unpaired) electrons. The first-order valence-corrected chi connectivity index (χ1v) is 8.20. The van der Waals surface area contributed by atoms with Crippen molar-refractivity contribution in [2.45, 2.75) is 45.7 Å². The van der Waals surface area contributed by atoms with Gasteiger partial charge in [0.25, 0.3) is 0 Å². The molecule has 1 aliphatic heterocycles. The highest BCUT2D eigenvalue weighted by Crippen LogP contribution is 2.29. The van der Waals surface area contributed by atoms with Gasteiger partial charge in [-0.05, 0) is 38.6 Å². The first kappa shape index (κ1) is 14.3. The molecule has 3 rings (SSSR count). The van der Waals surface area contributed by atoms with E-state index >= 15 is 0 Å². The summed E-state index contributed by atoms with van der Waals surface area (Å²) in [5, 5.41) is 6.20. The van der Waals surface area contributed by atoms with E-state index < -0.39 is 0 Å². The third-order valence-electron chi connectivity index (χ3n) is 3.81. The molecule has 5 nitrogen and oxygen atoms in total. The van der Waals surface area contributed by atoms with Crippen molar-refractivity contribution in [3.63, 3.8) is 0 Å². The van der Waals surface area contributed by atoms with Crippen LogP contribution < -0.4 is 10.2 Å². The Morgan fingerprint density at radius 1 is 1.48 bits per heavy atom. The van der Waals surface area contributed by atoms with Crippen LogP contribution >= 0.6 is 11.3 Å². The molecule has 3 heterocycles. The average Bonchev–Trinajstić information content (AvgIpc) is 3.03. The number of carbonyl (C=O) groups excluding carboxylic acids is 1. The van der Waals surface area contributed by atoms with Crippen LogP contribution in [0.5, 0.6) is 0 Å². The number of hydrogen-bond acceptors (Lipinski definition) is 5. The lowest BCUT2D eigenvalue weighted by molar-refractivity contribution is -0.119. The van der Waals surface area contributed by atoms with Crippen molar-refractivity contribution in [2.24, 2.45) is 0 Å². The van der Waals surface area contributed by atoms with Gasteiger partial charge < -0.3 is 10.2 Å². The van der Waals surface area contributed by atoms with Gasteiger partial charge in [0.15, 0.2) is 0 Å². The van der Waals surface area contributed by atoms with E-state index in [2.05, 4.69) is 45.5 Å². The molecule has 0 aliphatic carbocycles. The summed E-state index contributed by atoms with van der Waals surface area (Å²) < 4.78 is 0. The number of nitrogens with zero attached hydrogens (tertiary/aromatic N) is 3. The van der Waals surface area contributed by atoms with Crippen LogP contribution in [0.3, 0.4) is 0 Å². The Morgan fingerprint density at radius 3 is 2.95 bits per heavy atom. The lowest BCUT2D eigenvalue weighted by atomic mass is 10.2. The molecule has 6 heteroatoms. The van der Waals surface area contributed by atoms with Crippen LogP contribution in [0.15, 0.2) is 11.4 Å². The zero-order valence-electron chi connectivity index (χ0n) is 12.6. The number of thiophene rings is 1. The second-order valence-corrected chi connectivity index (χ2v) is 6.68. The van der Waals surface area contributed by atoms with Crippen LogP contribution in [-0.4, -0.2) is 34.5 Å². The summed E-state index contributed by atoms with van der Waals surface area (Å²) in [6, 6.07) is 2.61. The minimum atomic E-state index is 0.156. The van der Waals surface area contributed by atoms with Crippen LogP contribution in [0.1, 0.15) is 32.5 Å². The smallest absolute Gasteiger partial charge is 0.220 e. The second-order valence-electron chi connectivity index (χ2n) is 5.78. The third kappa shape index (κ3) is 2.85. The van der Waals surface area contributed by atoms with Crippen molar-refractivity contribution >= 4 is 33.3 Å². The highest BCUT2D eigenvalue weighted by Gasteiger charge is 2.26. The Kier molecular flexibility index (Phi) is 3.80. The summed E-state index contributed by atoms with van der Waals surface area (Å²) in [7, 11) is 0. The first-order valence-electron chi connectivity index (χ1n) is 7.32. The number of anilines is 1. The summed E-state index contributed by atoms with van der Waals surface area (Å²) in [5.74, 6) is 1.93. The monoisotopic (exact) mass is 304 g/mol. The maximum atomic E-state index is 11.4. The van der Waals surface area contributed by atoms with Crippen molar-refractivity contribution < 1.29 is 4.79 Å². The fourth-order valence-corrected chi connectivity index (χ4v) is 3.56. The molecule has 1 aliphatic rings. The predicted octanol–water partition coefficient (Wildman–Crippen LogP) is 2.49. The predicted molar refractivity (Wildman–Crippen MR) is 85.8 cm³/mol. The summed E-state index contributed by atoms with van der Waals surface area (Å²) in [6.07, 6.45) is 1.53. The SMILES string of the molecule is Cc1nc(N(CC2CCC(=O)N2)C(C)C)c2ccsc2n1. The zero-order valence-corrected chi connectivity index (χ0v) is 13.4. The molecule has 1 atom stereocenters. The standard InChI is InChI=1S/C15H20N4OS/c1-9(2)19(8-11-4-5-13(20)18-11)14-12-6-7-21-15(12)17-10(3)16-14/h6-7,9,11H,4-5,8H2,1-3H3,(H,18,20). The number of rotatable bonds is 4. The summed E-state index contributed by atoms with van der Waals surface area (Å²) in [4.78, 5) is 23.9. The van der Waals surface area contributed by atoms with Gasteiger partial charge >= 0.3 is 0 Å². The van der Waals surface area contributed by atoms with Gasteiger partial charge in [0, 0.05) is 25.0 Å². The van der Waals surface area contributed by atoms with Gasteiger partial charge in [-0.25, -0.2) is 9.97 Å². The molecule has 0 bridgehead atoms. The van der Waals surface area contributed by atoms with Crippen LogP contribution in [0.2, 0.25) is 0 Å². The van der Waals surface area contributed by atoms with E-state index in [1.165, 1.54) is 0 Å². The maximum absolute atomic E-state index is 11.4. The summed E-state index contributed by atoms with van der Waals surface area (Å²) in [6.45, 7) is 7.04. The zero-order chi connectivity index (χ0) is 15.0. The molecule has 2 aromatic rings. The fourth-order valence-electron chi connectivity index (χ4n) is 2.76. The Bertz CT molecular complexity index is 667. The molecule has 0 aromatic carbocycles. The van der Waals surface area contributed by atoms with Gasteiger partial charge in [-0.2, -0.15) is 0 Å². The molecule has 1 saturated heterocycles. The molecule has 21 heavy (non-hydrogen) atoms. The number of amides is 1. The Hall–Kier alpha value is -1.69. The van der Waals surface area contributed by atoms with E-state index in [0.717, 1.165) is 34.8 Å². The van der Waals surface area contributed by atoms with Crippen LogP contribution in [0.4, 0.5) is 5.82 Å². The Balaban J connectivity index is 1.95. The van der Waals surface area contributed by atoms with Crippen LogP contribution in [-0.2, 0) is 4.79 Å². The van der Waals surface area contributed by atoms with E-state index in [1.54, 1.807) is 11.3 Å². The average molecular weight is 304 g/mol. The molecule has 2 aromatic heterocycles. The van der Waals surface area contributed by atoms with E-state index in [4.69, 9.17) is 0 Å². The quantitative estimate of drug-likeness (QED) is 0.943. The summed E-state index contributed by atoms with van der Waals surface area (Å²) in [5.41, 5.74) is 0. The third-order valence-corrected chi connectivity index (χ3v) is 4.62. The topological polar surface area (TPSA) is 58.1 Å². The minimum Gasteiger partial charge on any atom is -0.352 e. The largest absolute Gasteiger partial charge is 0.352 e. The Labute approximate surface area is 128 Å². The van der Waals surface area contributed by atoms with E-state index in [0.29, 0.717) is 12.5 Å². The molecule has 112 valence electrons. The molecule has 1 fully saturated rings. The van der Waals surface area contributed by atoms with Gasteiger partial charge in [-0.1, -0.05) is 0 Å². The highest BCUT2D eigenvalue weighted by atomic mass is 32.1. The van der Waals surface area contributed by atoms with Gasteiger partial charge in [0.1, 0.15) is 16.5 Å². The lowest BCUT2D eigenvalue weighted by Crippen LogP contribution is -2.42. The molecule has 0 saturated carbocycles. The van der Waals surface area contributed by atoms with Gasteiger partial charge in [-0.15, -0.1) is 11.3 Å².